The SMILES string of the molecule is [2H]c1nnc2n1C(C(F)(F)F)CCC2. The largest absolute Gasteiger partial charge is 0.409 e. The lowest BCUT2D eigenvalue weighted by Gasteiger charge is -2.26. The third-order valence-corrected chi connectivity index (χ3v) is 2.16. The summed E-state index contributed by atoms with van der Waals surface area (Å²) in [6, 6.07) is -1.62. The first kappa shape index (κ1) is 7.34. The maximum absolute atomic E-state index is 12.5. The molecule has 0 radical (unpaired) electrons. The van der Waals surface area contributed by atoms with Crippen molar-refractivity contribution >= 4 is 0 Å². The summed E-state index contributed by atoms with van der Waals surface area (Å²) >= 11 is 0. The third-order valence-electron chi connectivity index (χ3n) is 2.16. The van der Waals surface area contributed by atoms with Crippen LogP contribution in [0.15, 0.2) is 6.30 Å². The highest BCUT2D eigenvalue weighted by molar-refractivity contribution is 4.96. The molecule has 0 spiro atoms. The van der Waals surface area contributed by atoms with Gasteiger partial charge in [-0.05, 0) is 12.8 Å². The van der Waals surface area contributed by atoms with Crippen LogP contribution in [0.5, 0.6) is 0 Å². The van der Waals surface area contributed by atoms with Crippen LogP contribution in [-0.4, -0.2) is 20.9 Å². The van der Waals surface area contributed by atoms with Crippen molar-refractivity contribution in [1.29, 1.82) is 0 Å². The van der Waals surface area contributed by atoms with E-state index in [4.69, 9.17) is 1.37 Å². The van der Waals surface area contributed by atoms with Crippen LogP contribution in [-0.2, 0) is 6.42 Å². The van der Waals surface area contributed by atoms with E-state index < -0.39 is 18.5 Å². The lowest BCUT2D eigenvalue weighted by atomic mass is 10.0. The molecule has 1 aromatic heterocycles. The van der Waals surface area contributed by atoms with Crippen LogP contribution in [0.1, 0.15) is 26.1 Å². The molecule has 1 aromatic rings. The van der Waals surface area contributed by atoms with Crippen LogP contribution in [0, 0.1) is 0 Å². The van der Waals surface area contributed by atoms with Gasteiger partial charge in [0.2, 0.25) is 0 Å². The average molecular weight is 192 g/mol. The standard InChI is InChI=1S/C7H8F3N3/c8-7(9,10)5-2-1-3-6-12-11-4-13(5)6/h4-5H,1-3H2/i4D. The molecule has 72 valence electrons. The molecule has 2 heterocycles. The molecule has 1 aliphatic rings. The zero-order valence-corrected chi connectivity index (χ0v) is 6.67. The van der Waals surface area contributed by atoms with E-state index in [0.29, 0.717) is 12.8 Å². The Labute approximate surface area is 74.0 Å². The fourth-order valence-electron chi connectivity index (χ4n) is 1.55. The predicted molar refractivity (Wildman–Crippen MR) is 38.1 cm³/mol. The van der Waals surface area contributed by atoms with Crippen LogP contribution in [0.2, 0.25) is 0 Å². The Bertz CT molecular complexity index is 346. The van der Waals surface area contributed by atoms with Crippen molar-refractivity contribution in [2.75, 3.05) is 0 Å². The summed E-state index contributed by atoms with van der Waals surface area (Å²) in [6.07, 6.45) is -3.78. The van der Waals surface area contributed by atoms with Gasteiger partial charge in [-0.1, -0.05) is 0 Å². The summed E-state index contributed by atoms with van der Waals surface area (Å²) < 4.78 is 45.7. The minimum absolute atomic E-state index is 0.0143. The topological polar surface area (TPSA) is 30.7 Å². The molecule has 13 heavy (non-hydrogen) atoms. The van der Waals surface area contributed by atoms with E-state index in [0.717, 1.165) is 4.57 Å². The average Bonchev–Trinajstić information content (AvgIpc) is 2.46. The Hall–Kier alpha value is -1.07. The summed E-state index contributed by atoms with van der Waals surface area (Å²) in [6.45, 7) is 0. The van der Waals surface area contributed by atoms with Crippen molar-refractivity contribution in [3.63, 3.8) is 0 Å². The molecule has 1 unspecified atom stereocenters. The molecule has 1 atom stereocenters. The van der Waals surface area contributed by atoms with E-state index in [1.807, 2.05) is 0 Å². The molecule has 6 heteroatoms. The number of aromatic nitrogens is 3. The number of aryl methyl sites for hydroxylation is 1. The lowest BCUT2D eigenvalue weighted by Crippen LogP contribution is -2.30. The minimum atomic E-state index is -4.31. The molecule has 0 aromatic carbocycles. The van der Waals surface area contributed by atoms with Crippen molar-refractivity contribution < 1.29 is 14.5 Å². The molecule has 0 saturated heterocycles. The van der Waals surface area contributed by atoms with Gasteiger partial charge in [-0.2, -0.15) is 13.2 Å². The maximum Gasteiger partial charge on any atom is 0.409 e. The summed E-state index contributed by atoms with van der Waals surface area (Å²) in [5.74, 6) is 0.267. The van der Waals surface area contributed by atoms with Crippen molar-refractivity contribution in [3.05, 3.63) is 12.1 Å². The second-order valence-electron chi connectivity index (χ2n) is 3.04. The second kappa shape index (κ2) is 2.71. The number of nitrogens with zero attached hydrogens (tertiary/aromatic N) is 3. The Kier molecular flexibility index (Phi) is 1.53. The van der Waals surface area contributed by atoms with Crippen LogP contribution < -0.4 is 0 Å². The molecule has 3 nitrogen and oxygen atoms in total. The summed E-state index contributed by atoms with van der Waals surface area (Å²) in [7, 11) is 0. The number of fused-ring (bicyclic) bond motifs is 1. The van der Waals surface area contributed by atoms with Gasteiger partial charge < -0.3 is 4.57 Å². The quantitative estimate of drug-likeness (QED) is 0.626. The number of halogens is 3. The van der Waals surface area contributed by atoms with Gasteiger partial charge in [-0.15, -0.1) is 10.2 Å². The predicted octanol–water partition coefficient (Wildman–Crippen LogP) is 1.72. The van der Waals surface area contributed by atoms with Gasteiger partial charge in [0.25, 0.3) is 0 Å². The number of hydrogen-bond donors (Lipinski definition) is 0. The van der Waals surface area contributed by atoms with Crippen LogP contribution >= 0.6 is 0 Å². The van der Waals surface area contributed by atoms with Gasteiger partial charge in [-0.25, -0.2) is 0 Å². The van der Waals surface area contributed by atoms with Gasteiger partial charge in [0.05, 0.1) is 0 Å². The van der Waals surface area contributed by atoms with Crippen LogP contribution in [0.4, 0.5) is 13.2 Å². The smallest absolute Gasteiger partial charge is 0.305 e. The van der Waals surface area contributed by atoms with Crippen LogP contribution in [0.25, 0.3) is 0 Å². The van der Waals surface area contributed by atoms with Gasteiger partial charge in [0, 0.05) is 6.42 Å². The summed E-state index contributed by atoms with van der Waals surface area (Å²) in [5, 5.41) is 6.89. The van der Waals surface area contributed by atoms with Crippen LogP contribution in [0.3, 0.4) is 0 Å². The Morgan fingerprint density at radius 1 is 1.62 bits per heavy atom. The first-order valence-electron chi connectivity index (χ1n) is 4.47. The first-order chi connectivity index (χ1) is 6.50. The summed E-state index contributed by atoms with van der Waals surface area (Å²) in [5.41, 5.74) is 0. The van der Waals surface area contributed by atoms with Gasteiger partial charge >= 0.3 is 6.18 Å². The van der Waals surface area contributed by atoms with Crippen molar-refractivity contribution in [2.45, 2.75) is 31.5 Å². The zero-order chi connectivity index (χ0) is 10.3. The van der Waals surface area contributed by atoms with E-state index in [9.17, 15) is 13.2 Å². The molecule has 1 aliphatic heterocycles. The normalized spacial score (nSPS) is 23.9. The fraction of sp³-hybridized carbons (Fsp3) is 0.714. The van der Waals surface area contributed by atoms with E-state index in [1.165, 1.54) is 0 Å². The molecule has 0 N–H and O–H groups in total. The molecular formula is C7H8F3N3. The van der Waals surface area contributed by atoms with E-state index >= 15 is 0 Å². The molecule has 2 rings (SSSR count). The Morgan fingerprint density at radius 2 is 2.38 bits per heavy atom. The highest BCUT2D eigenvalue weighted by Crippen LogP contribution is 2.37. The third kappa shape index (κ3) is 1.40. The minimum Gasteiger partial charge on any atom is -0.305 e. The Morgan fingerprint density at radius 3 is 3.08 bits per heavy atom. The molecule has 0 aliphatic carbocycles. The molecule has 0 saturated carbocycles. The summed E-state index contributed by atoms with van der Waals surface area (Å²) in [4.78, 5) is 0. The number of alkyl halides is 3. The van der Waals surface area contributed by atoms with E-state index in [2.05, 4.69) is 10.2 Å². The molecule has 0 fully saturated rings. The van der Waals surface area contributed by atoms with Gasteiger partial charge in [0.15, 0.2) is 0 Å². The lowest BCUT2D eigenvalue weighted by molar-refractivity contribution is -0.172. The van der Waals surface area contributed by atoms with Crippen molar-refractivity contribution in [2.24, 2.45) is 0 Å². The maximum atomic E-state index is 12.5. The van der Waals surface area contributed by atoms with Crippen molar-refractivity contribution in [1.82, 2.24) is 14.8 Å². The Balaban J connectivity index is 2.44. The second-order valence-corrected chi connectivity index (χ2v) is 3.04. The fourth-order valence-corrected chi connectivity index (χ4v) is 1.55. The number of hydrogen-bond acceptors (Lipinski definition) is 2. The van der Waals surface area contributed by atoms with E-state index in [-0.39, 0.29) is 12.2 Å². The highest BCUT2D eigenvalue weighted by Gasteiger charge is 2.43. The first-order valence-corrected chi connectivity index (χ1v) is 3.97. The van der Waals surface area contributed by atoms with Crippen molar-refractivity contribution in [3.8, 4) is 0 Å². The van der Waals surface area contributed by atoms with E-state index in [1.54, 1.807) is 0 Å². The van der Waals surface area contributed by atoms with Gasteiger partial charge in [0.1, 0.15) is 19.5 Å². The number of rotatable bonds is 0. The van der Waals surface area contributed by atoms with Gasteiger partial charge in [-0.3, -0.25) is 0 Å². The molecule has 0 bridgehead atoms. The molecular weight excluding hydrogens is 183 g/mol. The zero-order valence-electron chi connectivity index (χ0n) is 7.67. The highest BCUT2D eigenvalue weighted by atomic mass is 19.4. The molecule has 0 amide bonds. The monoisotopic (exact) mass is 192 g/mol.